The summed E-state index contributed by atoms with van der Waals surface area (Å²) in [7, 11) is 3.62. The quantitative estimate of drug-likeness (QED) is 0.723. The molecule has 0 unspecified atom stereocenters. The van der Waals surface area contributed by atoms with E-state index in [1.807, 2.05) is 14.1 Å². The molecule has 0 fully saturated rings. The highest BCUT2D eigenvalue weighted by Crippen LogP contribution is 2.30. The van der Waals surface area contributed by atoms with E-state index in [1.54, 1.807) is 17.0 Å². The summed E-state index contributed by atoms with van der Waals surface area (Å²) in [6.07, 6.45) is -4.78. The Morgan fingerprint density at radius 3 is 2.28 bits per heavy atom. The second kappa shape index (κ2) is 5.80. The summed E-state index contributed by atoms with van der Waals surface area (Å²) in [4.78, 5) is 18.2. The molecular weight excluding hydrogens is 333 g/mol. The van der Waals surface area contributed by atoms with E-state index in [1.165, 1.54) is 30.3 Å². The van der Waals surface area contributed by atoms with Crippen molar-refractivity contribution in [3.63, 3.8) is 0 Å². The third-order valence-corrected chi connectivity index (χ3v) is 3.77. The lowest BCUT2D eigenvalue weighted by atomic mass is 10.2. The Morgan fingerprint density at radius 2 is 1.72 bits per heavy atom. The normalized spacial score (nSPS) is 11.7. The van der Waals surface area contributed by atoms with E-state index in [4.69, 9.17) is 5.73 Å². The largest absolute Gasteiger partial charge is 0.450 e. The molecule has 1 aromatic heterocycles. The van der Waals surface area contributed by atoms with Gasteiger partial charge in [-0.3, -0.25) is 9.36 Å². The van der Waals surface area contributed by atoms with Gasteiger partial charge in [-0.2, -0.15) is 13.2 Å². The molecule has 25 heavy (non-hydrogen) atoms. The number of nitrogens with two attached hydrogens (primary N) is 1. The molecule has 0 spiro atoms. The lowest BCUT2D eigenvalue weighted by molar-refractivity contribution is -0.146. The monoisotopic (exact) mass is 348 g/mol. The zero-order valence-corrected chi connectivity index (χ0v) is 13.5. The van der Waals surface area contributed by atoms with Crippen LogP contribution >= 0.6 is 0 Å². The van der Waals surface area contributed by atoms with E-state index in [0.717, 1.165) is 5.69 Å². The third-order valence-electron chi connectivity index (χ3n) is 3.77. The van der Waals surface area contributed by atoms with Gasteiger partial charge in [0, 0.05) is 25.5 Å². The second-order valence-electron chi connectivity index (χ2n) is 5.76. The van der Waals surface area contributed by atoms with E-state index in [-0.39, 0.29) is 22.3 Å². The van der Waals surface area contributed by atoms with Crippen LogP contribution in [0.25, 0.3) is 16.6 Å². The fraction of sp³-hybridized carbons (Fsp3) is 0.176. The summed E-state index contributed by atoms with van der Waals surface area (Å²) < 4.78 is 41.0. The van der Waals surface area contributed by atoms with Crippen molar-refractivity contribution in [2.45, 2.75) is 6.18 Å². The van der Waals surface area contributed by atoms with Crippen molar-refractivity contribution < 1.29 is 13.2 Å². The molecule has 0 saturated heterocycles. The molecule has 0 aliphatic heterocycles. The topological polar surface area (TPSA) is 64.2 Å². The number of aromatic nitrogens is 2. The number of benzene rings is 2. The summed E-state index contributed by atoms with van der Waals surface area (Å²) in [6, 6.07) is 10.2. The Bertz CT molecular complexity index is 992. The highest BCUT2D eigenvalue weighted by Gasteiger charge is 2.37. The molecule has 1 heterocycles. The highest BCUT2D eigenvalue weighted by molar-refractivity contribution is 5.81. The number of fused-ring (bicyclic) bond motifs is 1. The maximum atomic E-state index is 13.5. The molecule has 0 radical (unpaired) electrons. The van der Waals surface area contributed by atoms with Crippen molar-refractivity contribution in [2.75, 3.05) is 24.7 Å². The van der Waals surface area contributed by atoms with Crippen LogP contribution in [0, 0.1) is 0 Å². The number of nitrogens with zero attached hydrogens (tertiary/aromatic N) is 3. The van der Waals surface area contributed by atoms with Gasteiger partial charge in [-0.15, -0.1) is 0 Å². The van der Waals surface area contributed by atoms with Crippen molar-refractivity contribution in [1.29, 1.82) is 0 Å². The van der Waals surface area contributed by atoms with Crippen LogP contribution in [0.2, 0.25) is 0 Å². The summed E-state index contributed by atoms with van der Waals surface area (Å²) in [6.45, 7) is 0. The molecule has 0 aliphatic rings. The van der Waals surface area contributed by atoms with Crippen LogP contribution in [-0.4, -0.2) is 23.6 Å². The van der Waals surface area contributed by atoms with Gasteiger partial charge in [0.1, 0.15) is 0 Å². The minimum atomic E-state index is -4.78. The smallest absolute Gasteiger partial charge is 0.399 e. The number of hydrogen-bond donors (Lipinski definition) is 1. The number of halogens is 3. The summed E-state index contributed by atoms with van der Waals surface area (Å²) in [5.41, 5.74) is 5.95. The zero-order valence-electron chi connectivity index (χ0n) is 13.5. The first-order valence-corrected chi connectivity index (χ1v) is 7.36. The van der Waals surface area contributed by atoms with Crippen molar-refractivity contribution in [3.05, 3.63) is 58.6 Å². The van der Waals surface area contributed by atoms with Gasteiger partial charge in [0.25, 0.3) is 5.56 Å². The molecule has 0 bridgehead atoms. The number of anilines is 2. The Kier molecular flexibility index (Phi) is 3.90. The fourth-order valence-electron chi connectivity index (χ4n) is 2.53. The molecule has 5 nitrogen and oxygen atoms in total. The van der Waals surface area contributed by atoms with Gasteiger partial charge in [-0.25, -0.2) is 4.98 Å². The number of rotatable bonds is 2. The standard InChI is InChI=1S/C17H15F3N4O/c1-23(2)11-4-6-12(7-5-11)24-15(25)13-9-10(21)3-8-14(13)22-16(24)17(18,19)20/h3-9H,21H2,1-2H3. The predicted octanol–water partition coefficient (Wildman–Crippen LogP) is 3.05. The molecular formula is C17H15F3N4O. The maximum absolute atomic E-state index is 13.5. The van der Waals surface area contributed by atoms with Crippen LogP contribution in [0.5, 0.6) is 0 Å². The van der Waals surface area contributed by atoms with E-state index in [0.29, 0.717) is 4.57 Å². The zero-order chi connectivity index (χ0) is 18.4. The van der Waals surface area contributed by atoms with Gasteiger partial charge in [-0.1, -0.05) is 0 Å². The first-order chi connectivity index (χ1) is 11.7. The summed E-state index contributed by atoms with van der Waals surface area (Å²) in [5, 5.41) is 0.0321. The van der Waals surface area contributed by atoms with Gasteiger partial charge >= 0.3 is 6.18 Å². The fourth-order valence-corrected chi connectivity index (χ4v) is 2.53. The van der Waals surface area contributed by atoms with Crippen LogP contribution < -0.4 is 16.2 Å². The third kappa shape index (κ3) is 3.02. The maximum Gasteiger partial charge on any atom is 0.450 e. The van der Waals surface area contributed by atoms with Gasteiger partial charge < -0.3 is 10.6 Å². The molecule has 8 heteroatoms. The molecule has 2 N–H and O–H groups in total. The van der Waals surface area contributed by atoms with Gasteiger partial charge in [0.2, 0.25) is 5.82 Å². The Labute approximate surface area is 141 Å². The predicted molar refractivity (Wildman–Crippen MR) is 91.1 cm³/mol. The van der Waals surface area contributed by atoms with Crippen LogP contribution in [-0.2, 0) is 6.18 Å². The first kappa shape index (κ1) is 16.8. The lowest BCUT2D eigenvalue weighted by Gasteiger charge is -2.17. The second-order valence-corrected chi connectivity index (χ2v) is 5.76. The molecule has 3 aromatic rings. The van der Waals surface area contributed by atoms with Crippen molar-refractivity contribution >= 4 is 22.3 Å². The first-order valence-electron chi connectivity index (χ1n) is 7.36. The Morgan fingerprint density at radius 1 is 1.08 bits per heavy atom. The molecule has 2 aromatic carbocycles. The number of nitrogen functional groups attached to an aromatic ring is 1. The SMILES string of the molecule is CN(C)c1ccc(-n2c(C(F)(F)F)nc3ccc(N)cc3c2=O)cc1. The lowest BCUT2D eigenvalue weighted by Crippen LogP contribution is -2.28. The van der Waals surface area contributed by atoms with E-state index in [2.05, 4.69) is 4.98 Å². The van der Waals surface area contributed by atoms with Crippen LogP contribution in [0.1, 0.15) is 5.82 Å². The molecule has 0 aliphatic carbocycles. The molecule has 130 valence electrons. The van der Waals surface area contributed by atoms with Gasteiger partial charge in [0.05, 0.1) is 16.6 Å². The molecule has 0 saturated carbocycles. The molecule has 0 amide bonds. The minimum absolute atomic E-state index is 0.0321. The highest BCUT2D eigenvalue weighted by atomic mass is 19.4. The van der Waals surface area contributed by atoms with Crippen LogP contribution in [0.3, 0.4) is 0 Å². The van der Waals surface area contributed by atoms with Gasteiger partial charge in [0.15, 0.2) is 0 Å². The number of alkyl halides is 3. The Balaban J connectivity index is 2.35. The van der Waals surface area contributed by atoms with Crippen LogP contribution in [0.4, 0.5) is 24.5 Å². The average Bonchev–Trinajstić information content (AvgIpc) is 2.54. The van der Waals surface area contributed by atoms with E-state index < -0.39 is 17.6 Å². The van der Waals surface area contributed by atoms with Crippen molar-refractivity contribution in [2.24, 2.45) is 0 Å². The van der Waals surface area contributed by atoms with Crippen molar-refractivity contribution in [1.82, 2.24) is 9.55 Å². The average molecular weight is 348 g/mol. The molecule has 3 rings (SSSR count). The molecule has 0 atom stereocenters. The Hall–Kier alpha value is -3.03. The summed E-state index contributed by atoms with van der Waals surface area (Å²) in [5.74, 6) is -1.27. The van der Waals surface area contributed by atoms with Crippen molar-refractivity contribution in [3.8, 4) is 5.69 Å². The van der Waals surface area contributed by atoms with E-state index in [9.17, 15) is 18.0 Å². The van der Waals surface area contributed by atoms with E-state index >= 15 is 0 Å². The van der Waals surface area contributed by atoms with Gasteiger partial charge in [-0.05, 0) is 42.5 Å². The number of hydrogen-bond acceptors (Lipinski definition) is 4. The summed E-state index contributed by atoms with van der Waals surface area (Å²) >= 11 is 0. The minimum Gasteiger partial charge on any atom is -0.399 e. The van der Waals surface area contributed by atoms with Crippen LogP contribution in [0.15, 0.2) is 47.3 Å².